The number of nitrogens with zero attached hydrogens (tertiary/aromatic N) is 1. The lowest BCUT2D eigenvalue weighted by Gasteiger charge is -2.34. The largest absolute Gasteiger partial charge is 0.456 e. The first-order chi connectivity index (χ1) is 36.2. The lowest BCUT2D eigenvalue weighted by atomic mass is 9.67. The maximum atomic E-state index is 6.34. The fourth-order valence-electron chi connectivity index (χ4n) is 12.0. The molecule has 0 amide bonds. The number of para-hydroxylation sites is 2. The summed E-state index contributed by atoms with van der Waals surface area (Å²) in [5.74, 6) is 0. The molecule has 73 heavy (non-hydrogen) atoms. The Hall–Kier alpha value is -9.50. The van der Waals surface area contributed by atoms with Crippen LogP contribution >= 0.6 is 0 Å². The highest BCUT2D eigenvalue weighted by molar-refractivity contribution is 6.12. The first kappa shape index (κ1) is 42.4. The van der Waals surface area contributed by atoms with Gasteiger partial charge < -0.3 is 9.32 Å². The molecule has 0 N–H and O–H groups in total. The minimum absolute atomic E-state index is 0.513. The monoisotopic (exact) mass is 929 g/mol. The van der Waals surface area contributed by atoms with Gasteiger partial charge in [-0.25, -0.2) is 0 Å². The van der Waals surface area contributed by atoms with Crippen molar-refractivity contribution in [1.29, 1.82) is 0 Å². The average molecular weight is 930 g/mol. The van der Waals surface area contributed by atoms with Crippen molar-refractivity contribution in [3.8, 4) is 55.6 Å². The molecule has 1 aliphatic carbocycles. The second-order valence-electron chi connectivity index (χ2n) is 19.1. The maximum Gasteiger partial charge on any atom is 0.136 e. The molecule has 0 fully saturated rings. The van der Waals surface area contributed by atoms with Crippen molar-refractivity contribution in [2.75, 3.05) is 4.90 Å². The van der Waals surface area contributed by atoms with E-state index in [0.29, 0.717) is 0 Å². The van der Waals surface area contributed by atoms with Crippen molar-refractivity contribution in [3.05, 3.63) is 307 Å². The number of anilines is 3. The lowest BCUT2D eigenvalue weighted by Crippen LogP contribution is -2.28. The van der Waals surface area contributed by atoms with Crippen molar-refractivity contribution in [2.24, 2.45) is 0 Å². The number of hydrogen-bond acceptors (Lipinski definition) is 2. The molecule has 1 aromatic heterocycles. The number of benzene rings is 12. The molecule has 0 spiro atoms. The van der Waals surface area contributed by atoms with E-state index in [9.17, 15) is 0 Å². The van der Waals surface area contributed by atoms with Crippen LogP contribution in [0.25, 0.3) is 88.3 Å². The molecule has 0 saturated carbocycles. The predicted molar refractivity (Wildman–Crippen MR) is 305 cm³/mol. The molecule has 1 aliphatic rings. The number of rotatable bonds is 9. The number of furan rings is 1. The van der Waals surface area contributed by atoms with E-state index in [1.807, 2.05) is 12.1 Å². The van der Waals surface area contributed by atoms with Gasteiger partial charge in [-0.1, -0.05) is 243 Å². The van der Waals surface area contributed by atoms with Crippen molar-refractivity contribution in [3.63, 3.8) is 0 Å². The highest BCUT2D eigenvalue weighted by Crippen LogP contribution is 2.59. The van der Waals surface area contributed by atoms with Gasteiger partial charge in [0.25, 0.3) is 0 Å². The third kappa shape index (κ3) is 6.87. The van der Waals surface area contributed by atoms with Crippen LogP contribution in [0.2, 0.25) is 0 Å². The van der Waals surface area contributed by atoms with Gasteiger partial charge in [0.1, 0.15) is 11.2 Å². The van der Waals surface area contributed by atoms with Gasteiger partial charge in [-0.2, -0.15) is 0 Å². The van der Waals surface area contributed by atoms with Crippen LogP contribution in [-0.2, 0) is 5.41 Å². The summed E-state index contributed by atoms with van der Waals surface area (Å²) in [7, 11) is 0. The van der Waals surface area contributed by atoms with Gasteiger partial charge in [0, 0.05) is 27.7 Å². The second kappa shape index (κ2) is 17.4. The summed E-state index contributed by atoms with van der Waals surface area (Å²) in [5.41, 5.74) is 21.5. The molecular formula is C71H47NO. The van der Waals surface area contributed by atoms with Crippen molar-refractivity contribution >= 4 is 49.8 Å². The van der Waals surface area contributed by atoms with Crippen LogP contribution < -0.4 is 4.90 Å². The van der Waals surface area contributed by atoms with Crippen molar-refractivity contribution in [2.45, 2.75) is 5.41 Å². The quantitative estimate of drug-likeness (QED) is 0.143. The maximum absolute atomic E-state index is 6.34. The molecular weight excluding hydrogens is 883 g/mol. The van der Waals surface area contributed by atoms with Crippen LogP contribution in [-0.4, -0.2) is 0 Å². The topological polar surface area (TPSA) is 16.4 Å². The standard InChI is InChI=1S/C71H47NO/c1-3-20-53(21-4-1)71(54-22-5-2-6-23-54)64-31-12-9-26-62(64)69-61(30-16-32-65(69)71)60-25-10-13-33-66(60)72(56-46-42-52(43-47-56)59-29-17-35-68-70(59)63-27-11-14-34-67(63)73-68)55-44-40-49(41-45-55)48-36-38-51(39-37-48)58-28-15-19-50-18-7-8-24-57(50)58/h1-47H. The summed E-state index contributed by atoms with van der Waals surface area (Å²) in [4.78, 5) is 2.43. The summed E-state index contributed by atoms with van der Waals surface area (Å²) in [6.07, 6.45) is 0. The normalized spacial score (nSPS) is 12.5. The predicted octanol–water partition coefficient (Wildman–Crippen LogP) is 19.2. The third-order valence-electron chi connectivity index (χ3n) is 15.2. The number of hydrogen-bond donors (Lipinski definition) is 0. The minimum atomic E-state index is -0.513. The molecule has 0 aliphatic heterocycles. The molecule has 0 radical (unpaired) electrons. The number of fused-ring (bicyclic) bond motifs is 7. The Kier molecular flexibility index (Phi) is 10.1. The molecule has 0 atom stereocenters. The molecule has 0 unspecified atom stereocenters. The Morgan fingerprint density at radius 2 is 0.753 bits per heavy atom. The van der Waals surface area contributed by atoms with Gasteiger partial charge in [0.05, 0.1) is 11.1 Å². The van der Waals surface area contributed by atoms with Gasteiger partial charge in [-0.05, 0) is 126 Å². The van der Waals surface area contributed by atoms with E-state index in [0.717, 1.165) is 61.3 Å². The van der Waals surface area contributed by atoms with E-state index < -0.39 is 5.41 Å². The van der Waals surface area contributed by atoms with E-state index in [1.54, 1.807) is 0 Å². The van der Waals surface area contributed by atoms with Gasteiger partial charge >= 0.3 is 0 Å². The molecule has 14 rings (SSSR count). The summed E-state index contributed by atoms with van der Waals surface area (Å²) in [5, 5.41) is 4.77. The van der Waals surface area contributed by atoms with Crippen molar-refractivity contribution in [1.82, 2.24) is 0 Å². The van der Waals surface area contributed by atoms with Crippen LogP contribution in [0.1, 0.15) is 22.3 Å². The minimum Gasteiger partial charge on any atom is -0.456 e. The van der Waals surface area contributed by atoms with E-state index in [4.69, 9.17) is 4.42 Å². The van der Waals surface area contributed by atoms with Crippen LogP contribution in [0.15, 0.2) is 290 Å². The zero-order chi connectivity index (χ0) is 48.3. The van der Waals surface area contributed by atoms with E-state index in [2.05, 4.69) is 278 Å². The smallest absolute Gasteiger partial charge is 0.136 e. The zero-order valence-corrected chi connectivity index (χ0v) is 40.0. The Labute approximate surface area is 425 Å². The van der Waals surface area contributed by atoms with Crippen LogP contribution in [0.5, 0.6) is 0 Å². The fraction of sp³-hybridized carbons (Fsp3) is 0.0141. The Morgan fingerprint density at radius 3 is 1.49 bits per heavy atom. The molecule has 2 heteroatoms. The van der Waals surface area contributed by atoms with Crippen LogP contribution in [0, 0.1) is 0 Å². The van der Waals surface area contributed by atoms with Crippen molar-refractivity contribution < 1.29 is 4.42 Å². The molecule has 0 saturated heterocycles. The Bertz CT molecular complexity index is 4130. The first-order valence-corrected chi connectivity index (χ1v) is 25.2. The van der Waals surface area contributed by atoms with Gasteiger partial charge in [-0.15, -0.1) is 0 Å². The van der Waals surface area contributed by atoms with Gasteiger partial charge in [-0.3, -0.25) is 0 Å². The first-order valence-electron chi connectivity index (χ1n) is 25.2. The Balaban J connectivity index is 0.924. The third-order valence-corrected chi connectivity index (χ3v) is 15.2. The molecule has 13 aromatic rings. The fourth-order valence-corrected chi connectivity index (χ4v) is 12.0. The molecule has 342 valence electrons. The molecule has 12 aromatic carbocycles. The van der Waals surface area contributed by atoms with Gasteiger partial charge in [0.2, 0.25) is 0 Å². The van der Waals surface area contributed by atoms with E-state index >= 15 is 0 Å². The lowest BCUT2D eigenvalue weighted by molar-refractivity contribution is 0.669. The van der Waals surface area contributed by atoms with Crippen LogP contribution in [0.3, 0.4) is 0 Å². The summed E-state index contributed by atoms with van der Waals surface area (Å²) in [6.45, 7) is 0. The van der Waals surface area contributed by atoms with E-state index in [-0.39, 0.29) is 0 Å². The summed E-state index contributed by atoms with van der Waals surface area (Å²) >= 11 is 0. The molecule has 0 bridgehead atoms. The highest BCUT2D eigenvalue weighted by atomic mass is 16.3. The summed E-state index contributed by atoms with van der Waals surface area (Å²) in [6, 6.07) is 104. The average Bonchev–Trinajstić information content (AvgIpc) is 4.01. The van der Waals surface area contributed by atoms with Gasteiger partial charge in [0.15, 0.2) is 0 Å². The van der Waals surface area contributed by atoms with Crippen LogP contribution in [0.4, 0.5) is 17.1 Å². The highest BCUT2D eigenvalue weighted by Gasteiger charge is 2.47. The Morgan fingerprint density at radius 1 is 0.288 bits per heavy atom. The summed E-state index contributed by atoms with van der Waals surface area (Å²) < 4.78 is 6.34. The van der Waals surface area contributed by atoms with E-state index in [1.165, 1.54) is 66.4 Å². The zero-order valence-electron chi connectivity index (χ0n) is 40.0. The molecule has 2 nitrogen and oxygen atoms in total. The SMILES string of the molecule is c1ccc(C2(c3ccccc3)c3ccccc3-c3c(-c4ccccc4N(c4ccc(-c5ccc(-c6cccc7ccccc67)cc5)cc4)c4ccc(-c5cccc6oc7ccccc7c56)cc4)cccc32)cc1. The molecule has 1 heterocycles. The second-order valence-corrected chi connectivity index (χ2v) is 19.1.